The van der Waals surface area contributed by atoms with E-state index in [4.69, 9.17) is 4.74 Å². The monoisotopic (exact) mass is 620 g/mol. The third kappa shape index (κ3) is 6.10. The Kier molecular flexibility index (Phi) is 8.23. The van der Waals surface area contributed by atoms with Gasteiger partial charge in [-0.1, -0.05) is 54.6 Å². The largest absolute Gasteiger partial charge is 0.367 e. The zero-order valence-electron chi connectivity index (χ0n) is 25.5. The van der Waals surface area contributed by atoms with Crippen LogP contribution in [0.15, 0.2) is 72.8 Å². The molecule has 4 heterocycles. The smallest absolute Gasteiger partial charge is 0.262 e. The minimum Gasteiger partial charge on any atom is -0.367 e. The Morgan fingerprint density at radius 2 is 1.50 bits per heavy atom. The molecule has 0 spiro atoms. The molecule has 4 aliphatic rings. The number of imide groups is 2. The number of amides is 5. The quantitative estimate of drug-likeness (QED) is 0.385. The number of nitrogens with one attached hydrogen (secondary N) is 1. The molecule has 5 amide bonds. The van der Waals surface area contributed by atoms with Gasteiger partial charge in [0, 0.05) is 39.1 Å². The molecule has 236 valence electrons. The van der Waals surface area contributed by atoms with E-state index < -0.39 is 29.7 Å². The summed E-state index contributed by atoms with van der Waals surface area (Å²) in [5, 5.41) is 2.23. The minimum atomic E-state index is -0.987. The lowest BCUT2D eigenvalue weighted by Crippen LogP contribution is -2.54. The van der Waals surface area contributed by atoms with Crippen molar-refractivity contribution in [1.29, 1.82) is 0 Å². The minimum absolute atomic E-state index is 0.0570. The summed E-state index contributed by atoms with van der Waals surface area (Å²) in [7, 11) is 0. The van der Waals surface area contributed by atoms with Crippen LogP contribution >= 0.6 is 0 Å². The van der Waals surface area contributed by atoms with Crippen molar-refractivity contribution in [3.63, 3.8) is 0 Å². The SMILES string of the molecule is O=C1CCC(N2C(=O)c3ccc(-c4cccc(CN5CC6CC(C5)CN(C(=O)COCc5ccccc5)C6)c4)cc3C2=O)C(=O)N1. The maximum atomic E-state index is 13.3. The standard InChI is InChI=1S/C36H36N4O6/c41-32-12-11-31(34(43)37-32)40-35(44)29-10-9-28(15-30(29)36(40)45)27-8-4-7-24(14-27)16-38-17-25-13-26(18-38)20-39(19-25)33(42)22-46-21-23-5-2-1-3-6-23/h1-10,14-15,25-26,31H,11-13,16-22H2,(H,37,41,43). The predicted molar refractivity (Wildman–Crippen MR) is 168 cm³/mol. The Hall–Kier alpha value is -4.67. The fourth-order valence-electron chi connectivity index (χ4n) is 7.40. The van der Waals surface area contributed by atoms with E-state index in [0.29, 0.717) is 18.4 Å². The first-order chi connectivity index (χ1) is 22.3. The molecule has 3 aromatic carbocycles. The zero-order chi connectivity index (χ0) is 31.8. The van der Waals surface area contributed by atoms with Crippen molar-refractivity contribution in [3.8, 4) is 11.1 Å². The normalized spacial score (nSPS) is 23.0. The summed E-state index contributed by atoms with van der Waals surface area (Å²) in [6, 6.07) is 22.3. The van der Waals surface area contributed by atoms with Crippen molar-refractivity contribution in [2.75, 3.05) is 32.8 Å². The lowest BCUT2D eigenvalue weighted by atomic mass is 9.84. The van der Waals surface area contributed by atoms with E-state index in [2.05, 4.69) is 22.3 Å². The van der Waals surface area contributed by atoms with Crippen LogP contribution < -0.4 is 5.32 Å². The molecule has 3 atom stereocenters. The van der Waals surface area contributed by atoms with Crippen molar-refractivity contribution in [2.24, 2.45) is 11.8 Å². The fourth-order valence-corrected chi connectivity index (χ4v) is 7.40. The van der Waals surface area contributed by atoms with Gasteiger partial charge in [0.25, 0.3) is 11.8 Å². The van der Waals surface area contributed by atoms with E-state index in [1.54, 1.807) is 12.1 Å². The van der Waals surface area contributed by atoms with Gasteiger partial charge in [-0.25, -0.2) is 0 Å². The molecular formula is C36H36N4O6. The summed E-state index contributed by atoms with van der Waals surface area (Å²) in [6.07, 6.45) is 1.34. The highest BCUT2D eigenvalue weighted by atomic mass is 16.5. The van der Waals surface area contributed by atoms with Gasteiger partial charge in [-0.15, -0.1) is 0 Å². The Morgan fingerprint density at radius 3 is 2.26 bits per heavy atom. The van der Waals surface area contributed by atoms with Crippen LogP contribution in [0.2, 0.25) is 0 Å². The van der Waals surface area contributed by atoms with Gasteiger partial charge < -0.3 is 9.64 Å². The average Bonchev–Trinajstić information content (AvgIpc) is 3.29. The Morgan fingerprint density at radius 1 is 0.783 bits per heavy atom. The van der Waals surface area contributed by atoms with Gasteiger partial charge in [-0.3, -0.25) is 39.1 Å². The van der Waals surface area contributed by atoms with Crippen LogP contribution in [0.4, 0.5) is 0 Å². The molecule has 0 aromatic heterocycles. The Labute approximate surface area is 267 Å². The number of fused-ring (bicyclic) bond motifs is 3. The van der Waals surface area contributed by atoms with E-state index in [9.17, 15) is 24.0 Å². The number of rotatable bonds is 8. The highest BCUT2D eigenvalue weighted by Gasteiger charge is 2.44. The van der Waals surface area contributed by atoms with Gasteiger partial charge in [-0.2, -0.15) is 0 Å². The summed E-state index contributed by atoms with van der Waals surface area (Å²) in [5.74, 6) is -1.14. The van der Waals surface area contributed by atoms with Gasteiger partial charge in [0.05, 0.1) is 17.7 Å². The molecule has 7 rings (SSSR count). The Bertz CT molecular complexity index is 1690. The Balaban J connectivity index is 0.970. The van der Waals surface area contributed by atoms with Crippen molar-refractivity contribution in [3.05, 3.63) is 95.1 Å². The van der Waals surface area contributed by atoms with Crippen molar-refractivity contribution in [1.82, 2.24) is 20.0 Å². The molecule has 3 unspecified atom stereocenters. The van der Waals surface area contributed by atoms with Crippen molar-refractivity contribution in [2.45, 2.75) is 38.5 Å². The van der Waals surface area contributed by atoms with Crippen molar-refractivity contribution >= 4 is 29.5 Å². The number of piperidine rings is 3. The third-order valence-corrected chi connectivity index (χ3v) is 9.45. The summed E-state index contributed by atoms with van der Waals surface area (Å²) in [4.78, 5) is 68.8. The maximum Gasteiger partial charge on any atom is 0.262 e. The summed E-state index contributed by atoms with van der Waals surface area (Å²) < 4.78 is 5.71. The molecule has 46 heavy (non-hydrogen) atoms. The van der Waals surface area contributed by atoms with Gasteiger partial charge in [0.2, 0.25) is 17.7 Å². The highest BCUT2D eigenvalue weighted by Crippen LogP contribution is 2.33. The number of nitrogens with zero attached hydrogens (tertiary/aromatic N) is 3. The van der Waals surface area contributed by atoms with Crippen LogP contribution in [-0.2, 0) is 32.3 Å². The van der Waals surface area contributed by atoms with Crippen LogP contribution in [0.5, 0.6) is 0 Å². The lowest BCUT2D eigenvalue weighted by molar-refractivity contribution is -0.141. The van der Waals surface area contributed by atoms with Crippen LogP contribution in [0.1, 0.15) is 51.1 Å². The molecule has 4 aliphatic heterocycles. The molecule has 0 aliphatic carbocycles. The molecule has 3 fully saturated rings. The second kappa shape index (κ2) is 12.6. The fraction of sp³-hybridized carbons (Fsp3) is 0.361. The molecule has 2 bridgehead atoms. The lowest BCUT2D eigenvalue weighted by Gasteiger charge is -2.46. The van der Waals surface area contributed by atoms with Crippen LogP contribution in [0.3, 0.4) is 0 Å². The predicted octanol–water partition coefficient (Wildman–Crippen LogP) is 3.25. The van der Waals surface area contributed by atoms with E-state index in [1.807, 2.05) is 53.4 Å². The maximum absolute atomic E-state index is 13.3. The van der Waals surface area contributed by atoms with Crippen LogP contribution in [0.25, 0.3) is 11.1 Å². The average molecular weight is 621 g/mol. The second-order valence-corrected chi connectivity index (χ2v) is 12.8. The molecule has 10 heteroatoms. The van der Waals surface area contributed by atoms with Crippen molar-refractivity contribution < 1.29 is 28.7 Å². The molecule has 3 aromatic rings. The topological polar surface area (TPSA) is 116 Å². The van der Waals surface area contributed by atoms with E-state index in [-0.39, 0.29) is 36.5 Å². The zero-order valence-corrected chi connectivity index (χ0v) is 25.5. The molecule has 10 nitrogen and oxygen atoms in total. The van der Waals surface area contributed by atoms with Gasteiger partial charge in [0.15, 0.2) is 0 Å². The molecular weight excluding hydrogens is 584 g/mol. The first kappa shape index (κ1) is 30.0. The summed E-state index contributed by atoms with van der Waals surface area (Å²) in [6.45, 7) is 4.64. The highest BCUT2D eigenvalue weighted by molar-refractivity contribution is 6.23. The number of hydrogen-bond acceptors (Lipinski definition) is 7. The van der Waals surface area contributed by atoms with Gasteiger partial charge in [0.1, 0.15) is 12.6 Å². The first-order valence-corrected chi connectivity index (χ1v) is 15.9. The number of carbonyl (C=O) groups is 5. The third-order valence-electron chi connectivity index (χ3n) is 9.45. The number of carbonyl (C=O) groups excluding carboxylic acids is 5. The van der Waals surface area contributed by atoms with E-state index in [1.165, 1.54) is 0 Å². The number of ether oxygens (including phenoxy) is 1. The van der Waals surface area contributed by atoms with E-state index >= 15 is 0 Å². The molecule has 1 N–H and O–H groups in total. The first-order valence-electron chi connectivity index (χ1n) is 15.9. The molecule has 3 saturated heterocycles. The number of benzene rings is 3. The second-order valence-electron chi connectivity index (χ2n) is 12.8. The number of likely N-dealkylation sites (tertiary alicyclic amines) is 2. The number of hydrogen-bond donors (Lipinski definition) is 1. The van der Waals surface area contributed by atoms with Crippen LogP contribution in [-0.4, -0.2) is 83.1 Å². The van der Waals surface area contributed by atoms with Crippen LogP contribution in [0, 0.1) is 11.8 Å². The van der Waals surface area contributed by atoms with Gasteiger partial charge >= 0.3 is 0 Å². The van der Waals surface area contributed by atoms with E-state index in [0.717, 1.165) is 66.3 Å². The molecule has 0 radical (unpaired) electrons. The summed E-state index contributed by atoms with van der Waals surface area (Å²) in [5.41, 5.74) is 4.49. The summed E-state index contributed by atoms with van der Waals surface area (Å²) >= 11 is 0. The van der Waals surface area contributed by atoms with Gasteiger partial charge in [-0.05, 0) is 65.1 Å². The molecule has 0 saturated carbocycles.